The maximum absolute atomic E-state index is 6.16. The first-order valence-corrected chi connectivity index (χ1v) is 17.9. The predicted molar refractivity (Wildman–Crippen MR) is 216 cm³/mol. The van der Waals surface area contributed by atoms with E-state index in [9.17, 15) is 0 Å². The zero-order valence-electron chi connectivity index (χ0n) is 28.0. The van der Waals surface area contributed by atoms with Crippen LogP contribution in [-0.4, -0.2) is 6.85 Å². The van der Waals surface area contributed by atoms with Crippen LogP contribution in [-0.2, 0) is 0 Å². The van der Waals surface area contributed by atoms with E-state index in [2.05, 4.69) is 150 Å². The van der Waals surface area contributed by atoms with E-state index in [1.165, 1.54) is 66.8 Å². The SMILES string of the molecule is c1ccc2c(c1)-c1cc(-c3ccc4oc5ccccc5c4c3)ccc1B1c3ccc(-c4ccc5oc6ccccc6c5c4)cc3-c3ccccc3N12. The molecular formula is C48H28BNO2. The molecule has 8 aromatic carbocycles. The molecule has 52 heavy (non-hydrogen) atoms. The van der Waals surface area contributed by atoms with Gasteiger partial charge in [0.05, 0.1) is 0 Å². The fraction of sp³-hybridized carbons (Fsp3) is 0. The van der Waals surface area contributed by atoms with Gasteiger partial charge >= 0.3 is 6.85 Å². The molecule has 0 radical (unpaired) electrons. The minimum atomic E-state index is 0.0264. The van der Waals surface area contributed by atoms with Crippen LogP contribution in [0.3, 0.4) is 0 Å². The van der Waals surface area contributed by atoms with Crippen LogP contribution in [0.4, 0.5) is 11.4 Å². The van der Waals surface area contributed by atoms with Gasteiger partial charge in [-0.2, -0.15) is 0 Å². The van der Waals surface area contributed by atoms with Gasteiger partial charge in [-0.3, -0.25) is 0 Å². The number of anilines is 2. The third-order valence-electron chi connectivity index (χ3n) is 11.3. The van der Waals surface area contributed by atoms with E-state index in [0.717, 1.165) is 43.9 Å². The average Bonchev–Trinajstić information content (AvgIpc) is 3.78. The summed E-state index contributed by atoms with van der Waals surface area (Å²) in [5.41, 5.74) is 18.6. The van der Waals surface area contributed by atoms with Gasteiger partial charge in [0.15, 0.2) is 0 Å². The molecule has 0 saturated heterocycles. The van der Waals surface area contributed by atoms with E-state index in [4.69, 9.17) is 8.83 Å². The Labute approximate surface area is 300 Å². The molecule has 10 aromatic rings. The summed E-state index contributed by atoms with van der Waals surface area (Å²) in [6.45, 7) is 0.0264. The topological polar surface area (TPSA) is 29.5 Å². The minimum absolute atomic E-state index is 0.0264. The number of furan rings is 2. The Morgan fingerprint density at radius 2 is 0.731 bits per heavy atom. The van der Waals surface area contributed by atoms with Crippen molar-refractivity contribution >= 4 is 73.0 Å². The molecule has 0 spiro atoms. The molecule has 4 heteroatoms. The molecular weight excluding hydrogens is 633 g/mol. The first-order chi connectivity index (χ1) is 25.8. The molecule has 2 aliphatic rings. The van der Waals surface area contributed by atoms with Gasteiger partial charge in [-0.15, -0.1) is 0 Å². The van der Waals surface area contributed by atoms with Gasteiger partial charge in [-0.25, -0.2) is 0 Å². The molecule has 0 saturated carbocycles. The van der Waals surface area contributed by atoms with Crippen LogP contribution in [0.2, 0.25) is 0 Å². The van der Waals surface area contributed by atoms with Crippen molar-refractivity contribution in [1.82, 2.24) is 0 Å². The summed E-state index contributed by atoms with van der Waals surface area (Å²) in [7, 11) is 0. The Morgan fingerprint density at radius 1 is 0.327 bits per heavy atom. The van der Waals surface area contributed by atoms with Crippen molar-refractivity contribution in [1.29, 1.82) is 0 Å². The Balaban J connectivity index is 1.04. The standard InChI is InChI=1S/C48H28BNO2/c1-5-13-43-33(9-1)37-25-29(31-19-23-47-39(27-31)35-11-3-7-15-45(35)51-47)17-21-41(37)49-42-22-18-30(26-38(42)34-10-2-6-14-44(34)50(43)49)32-20-24-48-40(28-32)36-12-4-8-16-46(36)52-48/h1-28H. The highest BCUT2D eigenvalue weighted by atomic mass is 16.3. The number of hydrogen-bond acceptors (Lipinski definition) is 3. The summed E-state index contributed by atoms with van der Waals surface area (Å²) < 4.78 is 12.3. The normalized spacial score (nSPS) is 12.9. The third-order valence-corrected chi connectivity index (χ3v) is 11.3. The highest BCUT2D eigenvalue weighted by molar-refractivity contribution is 6.92. The van der Waals surface area contributed by atoms with Crippen LogP contribution in [0.1, 0.15) is 0 Å². The maximum atomic E-state index is 6.16. The van der Waals surface area contributed by atoms with Crippen molar-refractivity contribution in [2.24, 2.45) is 0 Å². The first kappa shape index (κ1) is 28.0. The summed E-state index contributed by atoms with van der Waals surface area (Å²) in [6.07, 6.45) is 0. The zero-order valence-corrected chi connectivity index (χ0v) is 28.0. The van der Waals surface area contributed by atoms with Crippen LogP contribution >= 0.6 is 0 Å². The fourth-order valence-electron chi connectivity index (χ4n) is 8.90. The van der Waals surface area contributed by atoms with E-state index in [1.807, 2.05) is 24.3 Å². The van der Waals surface area contributed by atoms with Crippen molar-refractivity contribution in [3.8, 4) is 44.5 Å². The van der Waals surface area contributed by atoms with Crippen molar-refractivity contribution < 1.29 is 8.83 Å². The van der Waals surface area contributed by atoms with Crippen molar-refractivity contribution in [3.63, 3.8) is 0 Å². The largest absolute Gasteiger partial charge is 0.456 e. The van der Waals surface area contributed by atoms with E-state index in [-0.39, 0.29) is 6.85 Å². The lowest BCUT2D eigenvalue weighted by Crippen LogP contribution is -2.59. The quantitative estimate of drug-likeness (QED) is 0.173. The van der Waals surface area contributed by atoms with Crippen molar-refractivity contribution in [2.45, 2.75) is 0 Å². The second-order valence-electron chi connectivity index (χ2n) is 14.0. The average molecular weight is 662 g/mol. The molecule has 0 fully saturated rings. The van der Waals surface area contributed by atoms with Crippen LogP contribution in [0.15, 0.2) is 179 Å². The minimum Gasteiger partial charge on any atom is -0.456 e. The summed E-state index contributed by atoms with van der Waals surface area (Å²) in [5.74, 6) is 0. The second-order valence-corrected chi connectivity index (χ2v) is 14.0. The van der Waals surface area contributed by atoms with Gasteiger partial charge in [0.25, 0.3) is 0 Å². The van der Waals surface area contributed by atoms with Gasteiger partial charge in [0.2, 0.25) is 0 Å². The number of benzene rings is 8. The molecule has 0 aliphatic carbocycles. The number of rotatable bonds is 2. The molecule has 2 aliphatic heterocycles. The molecule has 3 nitrogen and oxygen atoms in total. The smallest absolute Gasteiger partial charge is 0.329 e. The van der Waals surface area contributed by atoms with Gasteiger partial charge in [-0.1, -0.05) is 109 Å². The van der Waals surface area contributed by atoms with Gasteiger partial charge in [0.1, 0.15) is 22.3 Å². The molecule has 0 bridgehead atoms. The number of fused-ring (bicyclic) bond motifs is 17. The van der Waals surface area contributed by atoms with Crippen molar-refractivity contribution in [3.05, 3.63) is 170 Å². The zero-order chi connectivity index (χ0) is 33.9. The Morgan fingerprint density at radius 3 is 1.25 bits per heavy atom. The molecule has 4 heterocycles. The van der Waals surface area contributed by atoms with Crippen molar-refractivity contribution in [2.75, 3.05) is 4.81 Å². The van der Waals surface area contributed by atoms with E-state index in [0.29, 0.717) is 0 Å². The first-order valence-electron chi connectivity index (χ1n) is 17.9. The van der Waals surface area contributed by atoms with Crippen LogP contribution in [0.5, 0.6) is 0 Å². The molecule has 0 N–H and O–H groups in total. The summed E-state index contributed by atoms with van der Waals surface area (Å²) in [6, 6.07) is 61.6. The fourth-order valence-corrected chi connectivity index (χ4v) is 8.90. The molecule has 12 rings (SSSR count). The number of hydrogen-bond donors (Lipinski definition) is 0. The Bertz CT molecular complexity index is 2910. The highest BCUT2D eigenvalue weighted by Gasteiger charge is 2.42. The van der Waals surface area contributed by atoms with E-state index >= 15 is 0 Å². The Hall–Kier alpha value is -6.78. The molecule has 0 atom stereocenters. The molecule has 0 unspecified atom stereocenters. The summed E-state index contributed by atoms with van der Waals surface area (Å²) in [4.78, 5) is 2.56. The molecule has 2 aromatic heterocycles. The van der Waals surface area contributed by atoms with E-state index in [1.54, 1.807) is 0 Å². The van der Waals surface area contributed by atoms with Gasteiger partial charge in [-0.05, 0) is 105 Å². The Kier molecular flexibility index (Phi) is 5.58. The second kappa shape index (κ2) is 10.4. The van der Waals surface area contributed by atoms with Crippen LogP contribution < -0.4 is 15.7 Å². The molecule has 0 amide bonds. The van der Waals surface area contributed by atoms with Crippen LogP contribution in [0, 0.1) is 0 Å². The predicted octanol–water partition coefficient (Wildman–Crippen LogP) is 11.7. The number of para-hydroxylation sites is 4. The maximum Gasteiger partial charge on any atom is 0.329 e. The van der Waals surface area contributed by atoms with Crippen LogP contribution in [0.25, 0.3) is 88.4 Å². The van der Waals surface area contributed by atoms with E-state index < -0.39 is 0 Å². The lowest BCUT2D eigenvalue weighted by Gasteiger charge is -2.43. The molecule has 240 valence electrons. The summed E-state index contributed by atoms with van der Waals surface area (Å²) >= 11 is 0. The monoisotopic (exact) mass is 661 g/mol. The summed E-state index contributed by atoms with van der Waals surface area (Å²) in [5, 5.41) is 4.58. The lowest BCUT2D eigenvalue weighted by atomic mass is 9.43. The van der Waals surface area contributed by atoms with Gasteiger partial charge in [0, 0.05) is 44.0 Å². The van der Waals surface area contributed by atoms with Gasteiger partial charge < -0.3 is 13.6 Å². The number of nitrogens with zero attached hydrogens (tertiary/aromatic N) is 1. The third kappa shape index (κ3) is 3.86. The lowest BCUT2D eigenvalue weighted by molar-refractivity contribution is 0.668. The highest BCUT2D eigenvalue weighted by Crippen LogP contribution is 2.47.